The minimum absolute atomic E-state index is 0.0705. The van der Waals surface area contributed by atoms with E-state index in [1.165, 1.54) is 4.90 Å². The fourth-order valence-corrected chi connectivity index (χ4v) is 4.77. The molecule has 0 saturated carbocycles. The molecule has 160 valence electrons. The molecule has 0 bridgehead atoms. The van der Waals surface area contributed by atoms with E-state index in [1.54, 1.807) is 17.4 Å². The van der Waals surface area contributed by atoms with Gasteiger partial charge in [0.1, 0.15) is 12.3 Å². The average molecular weight is 439 g/mol. The van der Waals surface area contributed by atoms with Crippen LogP contribution in [0.4, 0.5) is 16.5 Å². The second kappa shape index (κ2) is 8.52. The highest BCUT2D eigenvalue weighted by molar-refractivity contribution is 7.22. The Morgan fingerprint density at radius 2 is 1.97 bits per heavy atom. The molecule has 1 saturated heterocycles. The first-order valence-corrected chi connectivity index (χ1v) is 11.0. The Labute approximate surface area is 183 Å². The molecule has 2 amide bonds. The topological polar surface area (TPSA) is 84.0 Å². The van der Waals surface area contributed by atoms with Crippen LogP contribution in [0.3, 0.4) is 0 Å². The Kier molecular flexibility index (Phi) is 5.44. The molecule has 3 heterocycles. The first-order valence-electron chi connectivity index (χ1n) is 10.2. The van der Waals surface area contributed by atoms with Crippen molar-refractivity contribution in [3.63, 3.8) is 0 Å². The molecule has 1 fully saturated rings. The van der Waals surface area contributed by atoms with E-state index in [0.29, 0.717) is 36.9 Å². The van der Waals surface area contributed by atoms with Crippen LogP contribution in [0.15, 0.2) is 42.5 Å². The van der Waals surface area contributed by atoms with Crippen LogP contribution in [-0.2, 0) is 14.3 Å². The standard InChI is InChI=1S/C22H22N4O4S/c27-20(14-26-17-3-1-2-4-18(17)30-10-7-21(26)28)23-15-5-6-16-19(13-15)31-22(24-16)25-8-11-29-12-9-25/h1-6,13H,7-12,14H2,(H,23,27). The molecule has 2 aliphatic heterocycles. The van der Waals surface area contributed by atoms with E-state index in [-0.39, 0.29) is 24.8 Å². The number of thiazole rings is 1. The molecule has 0 radical (unpaired) electrons. The molecular weight excluding hydrogens is 416 g/mol. The molecule has 3 aromatic rings. The van der Waals surface area contributed by atoms with E-state index in [2.05, 4.69) is 10.2 Å². The number of fused-ring (bicyclic) bond motifs is 2. The van der Waals surface area contributed by atoms with E-state index < -0.39 is 0 Å². The summed E-state index contributed by atoms with van der Waals surface area (Å²) >= 11 is 1.60. The lowest BCUT2D eigenvalue weighted by atomic mass is 10.2. The van der Waals surface area contributed by atoms with Crippen LogP contribution < -0.4 is 19.9 Å². The number of nitrogens with zero attached hydrogens (tertiary/aromatic N) is 3. The van der Waals surface area contributed by atoms with Crippen molar-refractivity contribution in [1.82, 2.24) is 4.98 Å². The number of carbonyl (C=O) groups is 2. The third-order valence-corrected chi connectivity index (χ3v) is 6.35. The fourth-order valence-electron chi connectivity index (χ4n) is 3.72. The van der Waals surface area contributed by atoms with Gasteiger partial charge in [-0.15, -0.1) is 0 Å². The Hall–Kier alpha value is -3.17. The summed E-state index contributed by atoms with van der Waals surface area (Å²) in [5, 5.41) is 3.88. The number of carbonyl (C=O) groups excluding carboxylic acids is 2. The van der Waals surface area contributed by atoms with Crippen molar-refractivity contribution in [1.29, 1.82) is 0 Å². The summed E-state index contributed by atoms with van der Waals surface area (Å²) < 4.78 is 12.1. The number of aromatic nitrogens is 1. The number of morpholine rings is 1. The number of anilines is 3. The molecule has 31 heavy (non-hydrogen) atoms. The first kappa shape index (κ1) is 19.8. The zero-order valence-corrected chi connectivity index (χ0v) is 17.7. The van der Waals surface area contributed by atoms with Gasteiger partial charge in [0.15, 0.2) is 5.13 Å². The summed E-state index contributed by atoms with van der Waals surface area (Å²) in [7, 11) is 0. The summed E-state index contributed by atoms with van der Waals surface area (Å²) in [5.41, 5.74) is 2.20. The van der Waals surface area contributed by atoms with Gasteiger partial charge in [-0.1, -0.05) is 23.5 Å². The average Bonchev–Trinajstić information content (AvgIpc) is 3.15. The van der Waals surface area contributed by atoms with Crippen molar-refractivity contribution in [2.45, 2.75) is 6.42 Å². The quantitative estimate of drug-likeness (QED) is 0.674. The molecule has 1 N–H and O–H groups in total. The van der Waals surface area contributed by atoms with Gasteiger partial charge >= 0.3 is 0 Å². The van der Waals surface area contributed by atoms with Gasteiger partial charge in [0.2, 0.25) is 11.8 Å². The van der Waals surface area contributed by atoms with E-state index in [4.69, 9.17) is 14.5 Å². The van der Waals surface area contributed by atoms with E-state index in [1.807, 2.05) is 36.4 Å². The number of nitrogens with one attached hydrogen (secondary N) is 1. The number of rotatable bonds is 4. The summed E-state index contributed by atoms with van der Waals surface area (Å²) in [5.74, 6) is 0.221. The van der Waals surface area contributed by atoms with Crippen LogP contribution in [0.2, 0.25) is 0 Å². The number of para-hydroxylation sites is 2. The summed E-state index contributed by atoms with van der Waals surface area (Å²) in [6.07, 6.45) is 0.235. The lowest BCUT2D eigenvalue weighted by molar-refractivity contribution is -0.121. The smallest absolute Gasteiger partial charge is 0.244 e. The van der Waals surface area contributed by atoms with Crippen molar-refractivity contribution >= 4 is 49.9 Å². The van der Waals surface area contributed by atoms with Gasteiger partial charge in [-0.25, -0.2) is 4.98 Å². The molecule has 9 heteroatoms. The predicted octanol–water partition coefficient (Wildman–Crippen LogP) is 2.89. The number of ether oxygens (including phenoxy) is 2. The lowest BCUT2D eigenvalue weighted by Gasteiger charge is -2.25. The van der Waals surface area contributed by atoms with Crippen molar-refractivity contribution in [2.24, 2.45) is 0 Å². The van der Waals surface area contributed by atoms with E-state index in [9.17, 15) is 9.59 Å². The molecule has 0 atom stereocenters. The molecule has 0 unspecified atom stereocenters. The fraction of sp³-hybridized carbons (Fsp3) is 0.318. The molecule has 8 nitrogen and oxygen atoms in total. The van der Waals surface area contributed by atoms with Crippen molar-refractivity contribution in [3.8, 4) is 5.75 Å². The second-order valence-electron chi connectivity index (χ2n) is 7.37. The van der Waals surface area contributed by atoms with Crippen LogP contribution in [0.25, 0.3) is 10.2 Å². The number of benzene rings is 2. The zero-order chi connectivity index (χ0) is 21.2. The monoisotopic (exact) mass is 438 g/mol. The first-order chi connectivity index (χ1) is 15.2. The lowest BCUT2D eigenvalue weighted by Crippen LogP contribution is -2.37. The molecule has 0 spiro atoms. The molecular formula is C22H22N4O4S. The number of hydrogen-bond donors (Lipinski definition) is 1. The highest BCUT2D eigenvalue weighted by Gasteiger charge is 2.25. The van der Waals surface area contributed by atoms with Gasteiger partial charge in [-0.3, -0.25) is 14.5 Å². The number of hydrogen-bond acceptors (Lipinski definition) is 7. The van der Waals surface area contributed by atoms with E-state index >= 15 is 0 Å². The minimum atomic E-state index is -0.262. The zero-order valence-electron chi connectivity index (χ0n) is 16.9. The van der Waals surface area contributed by atoms with E-state index in [0.717, 1.165) is 28.4 Å². The largest absolute Gasteiger partial charge is 0.491 e. The highest BCUT2D eigenvalue weighted by atomic mass is 32.1. The van der Waals surface area contributed by atoms with Gasteiger partial charge in [0, 0.05) is 18.8 Å². The maximum atomic E-state index is 12.8. The van der Waals surface area contributed by atoms with Crippen LogP contribution in [-0.4, -0.2) is 56.3 Å². The Morgan fingerprint density at radius 1 is 1.13 bits per heavy atom. The number of amides is 2. The van der Waals surface area contributed by atoms with Crippen molar-refractivity contribution in [2.75, 3.05) is 54.6 Å². The van der Waals surface area contributed by atoms with Gasteiger partial charge in [0.25, 0.3) is 0 Å². The second-order valence-corrected chi connectivity index (χ2v) is 8.38. The maximum absolute atomic E-state index is 12.8. The molecule has 2 aromatic carbocycles. The molecule has 1 aromatic heterocycles. The Bertz CT molecular complexity index is 1130. The van der Waals surface area contributed by atoms with Crippen LogP contribution in [0.1, 0.15) is 6.42 Å². The molecule has 0 aliphatic carbocycles. The third kappa shape index (κ3) is 4.19. The van der Waals surface area contributed by atoms with Crippen LogP contribution in [0.5, 0.6) is 5.75 Å². The summed E-state index contributed by atoms with van der Waals surface area (Å²) in [6.45, 7) is 3.32. The predicted molar refractivity (Wildman–Crippen MR) is 120 cm³/mol. The highest BCUT2D eigenvalue weighted by Crippen LogP contribution is 2.32. The maximum Gasteiger partial charge on any atom is 0.244 e. The van der Waals surface area contributed by atoms with Crippen LogP contribution in [0, 0.1) is 0 Å². The van der Waals surface area contributed by atoms with Gasteiger partial charge in [-0.2, -0.15) is 0 Å². The van der Waals surface area contributed by atoms with Crippen molar-refractivity contribution < 1.29 is 19.1 Å². The van der Waals surface area contributed by atoms with Gasteiger partial charge in [-0.05, 0) is 30.3 Å². The van der Waals surface area contributed by atoms with Gasteiger partial charge in [0.05, 0.1) is 42.1 Å². The third-order valence-electron chi connectivity index (χ3n) is 5.27. The van der Waals surface area contributed by atoms with Gasteiger partial charge < -0.3 is 19.7 Å². The Balaban J connectivity index is 1.31. The SMILES string of the molecule is O=C(CN1C(=O)CCOc2ccccc21)Nc1ccc2nc(N3CCOCC3)sc2c1. The Morgan fingerprint density at radius 3 is 2.84 bits per heavy atom. The summed E-state index contributed by atoms with van der Waals surface area (Å²) in [4.78, 5) is 33.7. The minimum Gasteiger partial charge on any atom is -0.491 e. The molecule has 5 rings (SSSR count). The molecule has 2 aliphatic rings. The van der Waals surface area contributed by atoms with Crippen LogP contribution >= 0.6 is 11.3 Å². The van der Waals surface area contributed by atoms with Crippen molar-refractivity contribution in [3.05, 3.63) is 42.5 Å². The normalized spacial score (nSPS) is 16.6. The summed E-state index contributed by atoms with van der Waals surface area (Å²) in [6, 6.07) is 13.0.